The van der Waals surface area contributed by atoms with E-state index in [-0.39, 0.29) is 0 Å². The van der Waals surface area contributed by atoms with Gasteiger partial charge >= 0.3 is 0 Å². The standard InChI is InChI=1S/C11H16N4S/c1-15(2)6-3-5-12-10-9-4-7-16-11(9)14-8-13-10/h4,7-8H,3,5-6H2,1-2H3,(H,12,13,14). The first-order valence-corrected chi connectivity index (χ1v) is 6.22. The van der Waals surface area contributed by atoms with Gasteiger partial charge in [-0.2, -0.15) is 0 Å². The van der Waals surface area contributed by atoms with Gasteiger partial charge in [0.1, 0.15) is 17.0 Å². The Labute approximate surface area is 99.3 Å². The molecule has 0 fully saturated rings. The van der Waals surface area contributed by atoms with Crippen LogP contribution in [0.4, 0.5) is 5.82 Å². The van der Waals surface area contributed by atoms with Crippen LogP contribution in [-0.4, -0.2) is 42.1 Å². The average molecular weight is 236 g/mol. The molecule has 0 aliphatic rings. The van der Waals surface area contributed by atoms with Gasteiger partial charge < -0.3 is 10.2 Å². The number of anilines is 1. The quantitative estimate of drug-likeness (QED) is 0.807. The van der Waals surface area contributed by atoms with Crippen molar-refractivity contribution in [1.82, 2.24) is 14.9 Å². The maximum atomic E-state index is 4.27. The van der Waals surface area contributed by atoms with E-state index in [1.54, 1.807) is 17.7 Å². The summed E-state index contributed by atoms with van der Waals surface area (Å²) in [5.74, 6) is 0.949. The fourth-order valence-corrected chi connectivity index (χ4v) is 2.27. The van der Waals surface area contributed by atoms with Gasteiger partial charge in [-0.25, -0.2) is 9.97 Å². The van der Waals surface area contributed by atoms with Gasteiger partial charge in [-0.1, -0.05) is 0 Å². The summed E-state index contributed by atoms with van der Waals surface area (Å²) in [6.45, 7) is 2.03. The van der Waals surface area contributed by atoms with Crippen molar-refractivity contribution in [3.05, 3.63) is 17.8 Å². The van der Waals surface area contributed by atoms with E-state index in [1.165, 1.54) is 0 Å². The molecule has 1 N–H and O–H groups in total. The Kier molecular flexibility index (Phi) is 3.69. The second-order valence-corrected chi connectivity index (χ2v) is 4.84. The molecule has 16 heavy (non-hydrogen) atoms. The lowest BCUT2D eigenvalue weighted by Crippen LogP contribution is -2.16. The number of fused-ring (bicyclic) bond motifs is 1. The van der Waals surface area contributed by atoms with Crippen molar-refractivity contribution >= 4 is 27.4 Å². The highest BCUT2D eigenvalue weighted by molar-refractivity contribution is 7.16. The van der Waals surface area contributed by atoms with Crippen LogP contribution >= 0.6 is 11.3 Å². The summed E-state index contributed by atoms with van der Waals surface area (Å²) >= 11 is 1.65. The SMILES string of the molecule is CN(C)CCCNc1ncnc2sccc12. The largest absolute Gasteiger partial charge is 0.369 e. The zero-order chi connectivity index (χ0) is 11.4. The van der Waals surface area contributed by atoms with E-state index in [1.807, 2.05) is 5.38 Å². The van der Waals surface area contributed by atoms with Crippen LogP contribution in [0, 0.1) is 0 Å². The highest BCUT2D eigenvalue weighted by Crippen LogP contribution is 2.23. The van der Waals surface area contributed by atoms with Crippen LogP contribution in [0.3, 0.4) is 0 Å². The topological polar surface area (TPSA) is 41.0 Å². The molecule has 4 nitrogen and oxygen atoms in total. The van der Waals surface area contributed by atoms with Gasteiger partial charge in [0, 0.05) is 6.54 Å². The van der Waals surface area contributed by atoms with E-state index in [0.717, 1.165) is 35.5 Å². The molecule has 0 saturated carbocycles. The monoisotopic (exact) mass is 236 g/mol. The zero-order valence-electron chi connectivity index (χ0n) is 9.60. The van der Waals surface area contributed by atoms with Crippen molar-refractivity contribution in [2.75, 3.05) is 32.5 Å². The highest BCUT2D eigenvalue weighted by atomic mass is 32.1. The smallest absolute Gasteiger partial charge is 0.138 e. The summed E-state index contributed by atoms with van der Waals surface area (Å²) in [6, 6.07) is 2.06. The summed E-state index contributed by atoms with van der Waals surface area (Å²) in [7, 11) is 4.17. The van der Waals surface area contributed by atoms with E-state index >= 15 is 0 Å². The Morgan fingerprint density at radius 3 is 3.06 bits per heavy atom. The molecule has 0 atom stereocenters. The molecule has 2 rings (SSSR count). The van der Waals surface area contributed by atoms with Crippen molar-refractivity contribution in [3.8, 4) is 0 Å². The van der Waals surface area contributed by atoms with Gasteiger partial charge in [0.15, 0.2) is 0 Å². The van der Waals surface area contributed by atoms with Crippen molar-refractivity contribution in [2.45, 2.75) is 6.42 Å². The number of hydrogen-bond acceptors (Lipinski definition) is 5. The lowest BCUT2D eigenvalue weighted by molar-refractivity contribution is 0.405. The first kappa shape index (κ1) is 11.3. The van der Waals surface area contributed by atoms with Crippen molar-refractivity contribution in [1.29, 1.82) is 0 Å². The molecule has 0 radical (unpaired) electrons. The molecule has 0 bridgehead atoms. The minimum absolute atomic E-state index is 0.945. The van der Waals surface area contributed by atoms with Crippen LogP contribution < -0.4 is 5.32 Å². The third-order valence-electron chi connectivity index (χ3n) is 2.34. The Morgan fingerprint density at radius 2 is 2.25 bits per heavy atom. The summed E-state index contributed by atoms with van der Waals surface area (Å²) < 4.78 is 0. The predicted molar refractivity (Wildman–Crippen MR) is 69.1 cm³/mol. The van der Waals surface area contributed by atoms with Crippen LogP contribution in [-0.2, 0) is 0 Å². The van der Waals surface area contributed by atoms with Crippen molar-refractivity contribution in [3.63, 3.8) is 0 Å². The molecule has 0 spiro atoms. The lowest BCUT2D eigenvalue weighted by Gasteiger charge is -2.10. The molecule has 0 aliphatic carbocycles. The van der Waals surface area contributed by atoms with Gasteiger partial charge in [0.25, 0.3) is 0 Å². The first-order chi connectivity index (χ1) is 7.77. The Morgan fingerprint density at radius 1 is 1.38 bits per heavy atom. The molecular formula is C11H16N4S. The second kappa shape index (κ2) is 5.23. The number of hydrogen-bond donors (Lipinski definition) is 1. The summed E-state index contributed by atoms with van der Waals surface area (Å²) in [5.41, 5.74) is 0. The second-order valence-electron chi connectivity index (χ2n) is 3.95. The molecule has 0 amide bonds. The van der Waals surface area contributed by atoms with E-state index in [0.29, 0.717) is 0 Å². The Balaban J connectivity index is 1.96. The van der Waals surface area contributed by atoms with Gasteiger partial charge in [-0.05, 0) is 38.5 Å². The number of thiophene rings is 1. The average Bonchev–Trinajstić information content (AvgIpc) is 2.72. The van der Waals surface area contributed by atoms with Gasteiger partial charge in [-0.3, -0.25) is 0 Å². The predicted octanol–water partition coefficient (Wildman–Crippen LogP) is 2.05. The highest BCUT2D eigenvalue weighted by Gasteiger charge is 2.03. The molecule has 2 aromatic heterocycles. The van der Waals surface area contributed by atoms with E-state index in [2.05, 4.69) is 40.3 Å². The van der Waals surface area contributed by atoms with Gasteiger partial charge in [-0.15, -0.1) is 11.3 Å². The van der Waals surface area contributed by atoms with Crippen molar-refractivity contribution in [2.24, 2.45) is 0 Å². The van der Waals surface area contributed by atoms with Crippen LogP contribution in [0.2, 0.25) is 0 Å². The van der Waals surface area contributed by atoms with Crippen LogP contribution in [0.15, 0.2) is 17.8 Å². The van der Waals surface area contributed by atoms with Crippen LogP contribution in [0.25, 0.3) is 10.2 Å². The Bertz CT molecular complexity index is 452. The van der Waals surface area contributed by atoms with Crippen molar-refractivity contribution < 1.29 is 0 Å². The minimum Gasteiger partial charge on any atom is -0.369 e. The maximum absolute atomic E-state index is 4.27. The van der Waals surface area contributed by atoms with E-state index < -0.39 is 0 Å². The fraction of sp³-hybridized carbons (Fsp3) is 0.455. The number of rotatable bonds is 5. The normalized spacial score (nSPS) is 11.2. The molecule has 0 aromatic carbocycles. The molecule has 0 saturated heterocycles. The summed E-state index contributed by atoms with van der Waals surface area (Å²) in [4.78, 5) is 11.7. The molecular weight excluding hydrogens is 220 g/mol. The van der Waals surface area contributed by atoms with Crippen LogP contribution in [0.1, 0.15) is 6.42 Å². The number of nitrogens with one attached hydrogen (secondary N) is 1. The molecule has 0 unspecified atom stereocenters. The summed E-state index contributed by atoms with van der Waals surface area (Å²) in [5, 5.41) is 6.53. The fourth-order valence-electron chi connectivity index (χ4n) is 1.53. The van der Waals surface area contributed by atoms with Crippen LogP contribution in [0.5, 0.6) is 0 Å². The lowest BCUT2D eigenvalue weighted by atomic mass is 10.3. The summed E-state index contributed by atoms with van der Waals surface area (Å²) in [6.07, 6.45) is 2.73. The van der Waals surface area contributed by atoms with E-state index in [9.17, 15) is 0 Å². The van der Waals surface area contributed by atoms with Gasteiger partial charge in [0.2, 0.25) is 0 Å². The number of nitrogens with zero attached hydrogens (tertiary/aromatic N) is 3. The number of aromatic nitrogens is 2. The molecule has 2 heterocycles. The third kappa shape index (κ3) is 2.68. The molecule has 86 valence electrons. The third-order valence-corrected chi connectivity index (χ3v) is 3.16. The maximum Gasteiger partial charge on any atom is 0.138 e. The molecule has 0 aliphatic heterocycles. The minimum atomic E-state index is 0.945. The zero-order valence-corrected chi connectivity index (χ0v) is 10.4. The Hall–Kier alpha value is -1.20. The van der Waals surface area contributed by atoms with E-state index in [4.69, 9.17) is 0 Å². The molecule has 5 heteroatoms. The van der Waals surface area contributed by atoms with Gasteiger partial charge in [0.05, 0.1) is 5.39 Å². The molecule has 2 aromatic rings. The first-order valence-electron chi connectivity index (χ1n) is 5.34.